The summed E-state index contributed by atoms with van der Waals surface area (Å²) in [6.45, 7) is 6.96. The van der Waals surface area contributed by atoms with Crippen LogP contribution in [0, 0.1) is 34.9 Å². The van der Waals surface area contributed by atoms with Crippen LogP contribution in [0.4, 0.5) is 26.3 Å². The zero-order valence-corrected chi connectivity index (χ0v) is 60.2. The molecule has 32 heteroatoms. The molecule has 8 heterocycles. The minimum absolute atomic E-state index is 0.00885. The Morgan fingerprint density at radius 3 is 1.42 bits per heavy atom. The van der Waals surface area contributed by atoms with Gasteiger partial charge in [0.2, 0.25) is 22.0 Å². The second kappa shape index (κ2) is 34.8. The van der Waals surface area contributed by atoms with Gasteiger partial charge in [-0.1, -0.05) is 78.9 Å². The van der Waals surface area contributed by atoms with Crippen LogP contribution in [-0.4, -0.2) is 144 Å². The molecule has 0 saturated carbocycles. The van der Waals surface area contributed by atoms with Crippen molar-refractivity contribution in [2.45, 2.75) is 127 Å². The van der Waals surface area contributed by atoms with Gasteiger partial charge in [0.1, 0.15) is 71.1 Å². The Kier molecular flexibility index (Phi) is 25.7. The lowest BCUT2D eigenvalue weighted by Gasteiger charge is -2.40. The molecule has 582 valence electrons. The molecule has 0 radical (unpaired) electrons. The number of nitrogens with zero attached hydrogens (tertiary/aromatic N) is 4. The van der Waals surface area contributed by atoms with Gasteiger partial charge in [-0.15, -0.1) is 0 Å². The number of methoxy groups -OCH3 is 1. The summed E-state index contributed by atoms with van der Waals surface area (Å²) in [6, 6.07) is 25.2. The van der Waals surface area contributed by atoms with E-state index in [1.807, 2.05) is 25.1 Å². The number of hydrogen-bond donors (Lipinski definition) is 9. The van der Waals surface area contributed by atoms with E-state index in [9.17, 15) is 89.9 Å². The van der Waals surface area contributed by atoms with E-state index in [-0.39, 0.29) is 91.4 Å². The van der Waals surface area contributed by atoms with Gasteiger partial charge in [-0.25, -0.2) is 31.1 Å². The van der Waals surface area contributed by atoms with Crippen LogP contribution in [0.15, 0.2) is 153 Å². The standard InChI is InChI=1S/C28H27F2N3O5.C22H17F2NO6.C21H21F2N3O5.C7H16N2O/c1-28(37)10-5-11-32-15-22(28)33-14-20(26(35)31-13-18-8-9-19(29)12-21(18)30)24(34)25(23(33)27(32)36)38-16-17-6-3-2-4-7-17;1-29-22(28)20-19(30-11-13-5-3-2-4-6-13)18(26)16(12-31-20)21(27)25-10-14-7-8-15(23)9-17(14)24;1-21(31)5-2-6-25-10-15(21)26-9-13(17(27)18(28)16(26)20(25)30)19(29)24-8-11-3-4-12(22)7-14(11)23;1-7(10)3-2-4-9-5-6(7)8/h2-4,6-9,12,14,22,37H,5,10-11,13,15-16H2,1H3,(H,31,35);2-9,12H,10-11H2,1H3,(H,25,27);3-4,7,9,15,28,31H,2,5-6,8,10H2,1H3,(H,24,29);6,9-10H,2-5,8H2,1H3. The number of rotatable bonds is 16. The minimum Gasteiger partial charge on any atom is -0.503 e. The summed E-state index contributed by atoms with van der Waals surface area (Å²) in [5, 5.41) is 52.7. The molecule has 5 aliphatic rings. The number of halogens is 6. The second-order valence-corrected chi connectivity index (χ2v) is 27.6. The van der Waals surface area contributed by atoms with E-state index in [2.05, 4.69) is 26.0 Å². The van der Waals surface area contributed by atoms with Gasteiger partial charge in [-0.2, -0.15) is 0 Å². The molecule has 0 aliphatic carbocycles. The Morgan fingerprint density at radius 2 is 0.964 bits per heavy atom. The number of carbonyl (C=O) groups excluding carboxylic acids is 6. The summed E-state index contributed by atoms with van der Waals surface area (Å²) < 4.78 is 105. The van der Waals surface area contributed by atoms with Crippen LogP contribution in [0.1, 0.15) is 162 Å². The molecular weight excluding hydrogens is 1450 g/mol. The lowest BCUT2D eigenvalue weighted by Crippen LogP contribution is -2.50. The smallest absolute Gasteiger partial charge is 0.378 e. The van der Waals surface area contributed by atoms with Crippen molar-refractivity contribution in [1.82, 2.24) is 40.2 Å². The zero-order valence-electron chi connectivity index (χ0n) is 60.2. The van der Waals surface area contributed by atoms with E-state index in [1.54, 1.807) is 61.2 Å². The first-order valence-electron chi connectivity index (χ1n) is 35.0. The quantitative estimate of drug-likeness (QED) is 0.0342. The van der Waals surface area contributed by atoms with Crippen molar-refractivity contribution in [2.24, 2.45) is 5.73 Å². The Hall–Kier alpha value is -11.5. The Morgan fingerprint density at radius 1 is 0.555 bits per heavy atom. The number of esters is 1. The monoisotopic (exact) mass is 1530 g/mol. The number of ether oxygens (including phenoxy) is 3. The van der Waals surface area contributed by atoms with Crippen molar-refractivity contribution in [2.75, 3.05) is 46.4 Å². The highest BCUT2D eigenvalue weighted by molar-refractivity contribution is 6.01. The van der Waals surface area contributed by atoms with Gasteiger partial charge in [0.05, 0.1) is 36.0 Å². The number of amides is 5. The normalized spacial score (nSPS) is 20.3. The highest BCUT2D eigenvalue weighted by Crippen LogP contribution is 2.40. The van der Waals surface area contributed by atoms with Gasteiger partial charge in [-0.3, -0.25) is 38.4 Å². The first-order chi connectivity index (χ1) is 52.3. The Balaban J connectivity index is 0.000000166. The molecule has 5 aliphatic heterocycles. The van der Waals surface area contributed by atoms with Gasteiger partial charge in [0, 0.05) is 106 Å². The van der Waals surface area contributed by atoms with Crippen LogP contribution in [0.3, 0.4) is 0 Å². The van der Waals surface area contributed by atoms with Crippen molar-refractivity contribution in [3.8, 4) is 17.2 Å². The summed E-state index contributed by atoms with van der Waals surface area (Å²) in [5.74, 6) is -11.5. The number of nitrogens with one attached hydrogen (secondary N) is 4. The zero-order chi connectivity index (χ0) is 79.5. The van der Waals surface area contributed by atoms with Crippen molar-refractivity contribution >= 4 is 35.5 Å². The molecule has 3 aromatic heterocycles. The molecule has 13 rings (SSSR count). The van der Waals surface area contributed by atoms with E-state index in [4.69, 9.17) is 19.6 Å². The van der Waals surface area contributed by atoms with E-state index < -0.39 is 144 Å². The van der Waals surface area contributed by atoms with Crippen molar-refractivity contribution in [3.05, 3.63) is 261 Å². The average molecular weight is 1530 g/mol. The number of benzene rings is 5. The fourth-order valence-electron chi connectivity index (χ4n) is 13.1. The molecule has 4 bridgehead atoms. The fourth-order valence-corrected chi connectivity index (χ4v) is 13.1. The number of pyridine rings is 2. The SMILES string of the molecule is CC1(O)CCCN2CC1n1cc(C(=O)NCc3ccc(F)cc3F)c(=O)c(O)c1C2=O.CC1(O)CCCN2CC1n1cc(C(=O)NCc3ccc(F)cc3F)c(=O)c(OCc3ccccc3)c1C2=O.CC1(O)CCCNCC1N.COC(=O)c1occ(C(=O)NCc2ccc(F)cc2F)c(=O)c1OCc1ccccc1. The Labute approximate surface area is 625 Å². The third-order valence-corrected chi connectivity index (χ3v) is 19.6. The summed E-state index contributed by atoms with van der Waals surface area (Å²) in [7, 11) is 1.10. The van der Waals surface area contributed by atoms with Crippen molar-refractivity contribution in [1.29, 1.82) is 0 Å². The molecule has 3 saturated heterocycles. The van der Waals surface area contributed by atoms with E-state index >= 15 is 0 Å². The molecule has 8 aromatic rings. The fraction of sp³-hybridized carbons (Fsp3) is 0.346. The largest absolute Gasteiger partial charge is 0.503 e. The average Bonchev–Trinajstić information content (AvgIpc) is 1.62. The lowest BCUT2D eigenvalue weighted by molar-refractivity contribution is -0.00871. The number of carbonyl (C=O) groups is 6. The summed E-state index contributed by atoms with van der Waals surface area (Å²) in [4.78, 5) is 119. The molecule has 3 fully saturated rings. The number of fused-ring (bicyclic) bond motifs is 8. The molecular formula is C78H81F6N9O17. The molecule has 6 unspecified atom stereocenters. The van der Waals surface area contributed by atoms with Gasteiger partial charge in [0.25, 0.3) is 35.3 Å². The molecule has 5 amide bonds. The van der Waals surface area contributed by atoms with Gasteiger partial charge in [0.15, 0.2) is 22.9 Å². The summed E-state index contributed by atoms with van der Waals surface area (Å²) in [6.07, 6.45) is 6.95. The highest BCUT2D eigenvalue weighted by Gasteiger charge is 2.47. The van der Waals surface area contributed by atoms with Crippen LogP contribution >= 0.6 is 0 Å². The van der Waals surface area contributed by atoms with E-state index in [0.717, 1.165) is 75.3 Å². The first-order valence-corrected chi connectivity index (χ1v) is 35.0. The maximum atomic E-state index is 14.1. The van der Waals surface area contributed by atoms with Crippen LogP contribution in [0.2, 0.25) is 0 Å². The number of aliphatic hydroxyl groups is 3. The van der Waals surface area contributed by atoms with Gasteiger partial charge >= 0.3 is 5.97 Å². The predicted molar refractivity (Wildman–Crippen MR) is 384 cm³/mol. The summed E-state index contributed by atoms with van der Waals surface area (Å²) >= 11 is 0. The van der Waals surface area contributed by atoms with Crippen molar-refractivity contribution < 1.29 is 94.2 Å². The number of nitrogens with two attached hydrogens (primary N) is 1. The van der Waals surface area contributed by atoms with Crippen LogP contribution in [0.25, 0.3) is 0 Å². The number of aromatic nitrogens is 2. The molecule has 26 nitrogen and oxygen atoms in total. The molecule has 10 N–H and O–H groups in total. The second-order valence-electron chi connectivity index (χ2n) is 27.6. The molecule has 6 atom stereocenters. The maximum absolute atomic E-state index is 14.1. The third kappa shape index (κ3) is 18.8. The van der Waals surface area contributed by atoms with Crippen LogP contribution in [0.5, 0.6) is 17.2 Å². The lowest BCUT2D eigenvalue weighted by atomic mass is 9.90. The molecule has 0 spiro atoms. The molecule has 110 heavy (non-hydrogen) atoms. The van der Waals surface area contributed by atoms with Crippen LogP contribution < -0.4 is 52.8 Å². The third-order valence-electron chi connectivity index (χ3n) is 19.6. The van der Waals surface area contributed by atoms with E-state index in [0.29, 0.717) is 62.5 Å². The maximum Gasteiger partial charge on any atom is 0.378 e. The van der Waals surface area contributed by atoms with E-state index in [1.165, 1.54) is 32.4 Å². The predicted octanol–water partition coefficient (Wildman–Crippen LogP) is 7.14. The van der Waals surface area contributed by atoms with Gasteiger partial charge in [-0.05, 0) is 95.2 Å². The number of hydrogen-bond acceptors (Lipinski definition) is 19. The summed E-state index contributed by atoms with van der Waals surface area (Å²) in [5.41, 5.74) is -0.171. The Bertz CT molecular complexity index is 4960. The minimum atomic E-state index is -1.24. The highest BCUT2D eigenvalue weighted by atomic mass is 19.2. The van der Waals surface area contributed by atoms with Crippen molar-refractivity contribution in [3.63, 3.8) is 0 Å². The molecule has 5 aromatic carbocycles. The van der Waals surface area contributed by atoms with Gasteiger partial charge < -0.3 is 85.0 Å². The number of aromatic hydroxyl groups is 1. The first kappa shape index (κ1) is 81.1. The topological polar surface area (TPSA) is 366 Å². The van der Waals surface area contributed by atoms with Crippen LogP contribution in [-0.2, 0) is 37.6 Å².